The maximum absolute atomic E-state index is 6.04. The third-order valence-corrected chi connectivity index (χ3v) is 6.22. The van der Waals surface area contributed by atoms with E-state index >= 15 is 0 Å². The summed E-state index contributed by atoms with van der Waals surface area (Å²) in [5.41, 5.74) is 4.14. The number of aromatic nitrogens is 1. The van der Waals surface area contributed by atoms with Crippen molar-refractivity contribution >= 4 is 39.5 Å². The Bertz CT molecular complexity index is 751. The highest BCUT2D eigenvalue weighted by molar-refractivity contribution is 9.10. The second-order valence-corrected chi connectivity index (χ2v) is 7.75. The number of aliphatic imine (C=N–C) groups is 1. The predicted molar refractivity (Wildman–Crippen MR) is 104 cm³/mol. The van der Waals surface area contributed by atoms with Gasteiger partial charge in [-0.1, -0.05) is 0 Å². The average Bonchev–Trinajstić information content (AvgIpc) is 2.89. The van der Waals surface area contributed by atoms with Crippen LogP contribution in [0.4, 0.5) is 5.69 Å². The molecular formula is C18H22BrN3OS. The number of hydrogen-bond donors (Lipinski definition) is 0. The van der Waals surface area contributed by atoms with E-state index in [1.165, 1.54) is 30.8 Å². The van der Waals surface area contributed by atoms with Crippen LogP contribution < -0.4 is 4.74 Å². The van der Waals surface area contributed by atoms with Crippen molar-refractivity contribution < 1.29 is 4.74 Å². The lowest BCUT2D eigenvalue weighted by atomic mass is 10.1. The van der Waals surface area contributed by atoms with Crippen LogP contribution in [0.1, 0.15) is 36.1 Å². The van der Waals surface area contributed by atoms with Gasteiger partial charge in [-0.05, 0) is 79.2 Å². The van der Waals surface area contributed by atoms with Crippen LogP contribution in [0.3, 0.4) is 0 Å². The van der Waals surface area contributed by atoms with Crippen molar-refractivity contribution in [3.8, 4) is 10.8 Å². The zero-order chi connectivity index (χ0) is 17.1. The summed E-state index contributed by atoms with van der Waals surface area (Å²) < 4.78 is 11.3. The van der Waals surface area contributed by atoms with Crippen LogP contribution in [0.5, 0.6) is 10.8 Å². The molecule has 1 aromatic carbocycles. The number of benzene rings is 1. The quantitative estimate of drug-likeness (QED) is 0.476. The second kappa shape index (κ2) is 7.66. The molecule has 0 spiro atoms. The van der Waals surface area contributed by atoms with E-state index in [2.05, 4.69) is 56.2 Å². The standard InChI is InChI=1S/C18H22BrN3OS/c1-12-10-16(23-18-17(19)14(3)21-24-18)13(2)9-15(12)20-11-22-7-5-4-6-8-22/h9-11H,4-8H2,1-3H3/b20-11+. The smallest absolute Gasteiger partial charge is 0.214 e. The van der Waals surface area contributed by atoms with Gasteiger partial charge in [0.2, 0.25) is 5.06 Å². The normalized spacial score (nSPS) is 15.2. The fourth-order valence-electron chi connectivity index (χ4n) is 2.70. The zero-order valence-electron chi connectivity index (χ0n) is 14.3. The van der Waals surface area contributed by atoms with Crippen molar-refractivity contribution in [3.05, 3.63) is 33.4 Å². The molecule has 0 radical (unpaired) electrons. The molecule has 128 valence electrons. The van der Waals surface area contributed by atoms with E-state index in [1.807, 2.05) is 13.3 Å². The number of ether oxygens (including phenoxy) is 1. The summed E-state index contributed by atoms with van der Waals surface area (Å²) in [7, 11) is 0. The van der Waals surface area contributed by atoms with Gasteiger partial charge in [0.15, 0.2) is 0 Å². The topological polar surface area (TPSA) is 37.7 Å². The fourth-order valence-corrected chi connectivity index (χ4v) is 3.87. The molecule has 1 fully saturated rings. The molecule has 6 heteroatoms. The molecule has 1 aliphatic rings. The maximum atomic E-state index is 6.04. The first-order chi connectivity index (χ1) is 11.5. The highest BCUT2D eigenvalue weighted by Gasteiger charge is 2.13. The molecule has 2 heterocycles. The van der Waals surface area contributed by atoms with Gasteiger partial charge in [-0.3, -0.25) is 0 Å². The first kappa shape index (κ1) is 17.4. The number of piperidine rings is 1. The lowest BCUT2D eigenvalue weighted by Gasteiger charge is -2.23. The first-order valence-corrected chi connectivity index (χ1v) is 9.80. The number of rotatable bonds is 4. The van der Waals surface area contributed by atoms with E-state index in [-0.39, 0.29) is 0 Å². The van der Waals surface area contributed by atoms with Gasteiger partial charge in [-0.25, -0.2) is 4.99 Å². The highest BCUT2D eigenvalue weighted by Crippen LogP contribution is 2.38. The Balaban J connectivity index is 1.78. The molecular weight excluding hydrogens is 386 g/mol. The molecule has 24 heavy (non-hydrogen) atoms. The molecule has 0 unspecified atom stereocenters. The lowest BCUT2D eigenvalue weighted by molar-refractivity contribution is 0.351. The Labute approximate surface area is 155 Å². The van der Waals surface area contributed by atoms with Crippen LogP contribution in [0.2, 0.25) is 0 Å². The van der Waals surface area contributed by atoms with Crippen LogP contribution in [-0.4, -0.2) is 28.7 Å². The number of likely N-dealkylation sites (tertiary alicyclic amines) is 1. The number of nitrogens with zero attached hydrogens (tertiary/aromatic N) is 3. The minimum Gasteiger partial charge on any atom is -0.444 e. The molecule has 1 saturated heterocycles. The number of aryl methyl sites for hydroxylation is 3. The maximum Gasteiger partial charge on any atom is 0.214 e. The molecule has 3 rings (SSSR count). The lowest BCUT2D eigenvalue weighted by Crippen LogP contribution is -2.28. The minimum absolute atomic E-state index is 0.791. The monoisotopic (exact) mass is 407 g/mol. The van der Waals surface area contributed by atoms with Crippen LogP contribution in [0.15, 0.2) is 21.6 Å². The molecule has 0 atom stereocenters. The van der Waals surface area contributed by atoms with Crippen LogP contribution in [0.25, 0.3) is 0 Å². The molecule has 1 aromatic heterocycles. The van der Waals surface area contributed by atoms with Crippen LogP contribution >= 0.6 is 27.5 Å². The molecule has 0 bridgehead atoms. The first-order valence-electron chi connectivity index (χ1n) is 8.23. The van der Waals surface area contributed by atoms with Crippen LogP contribution in [0, 0.1) is 20.8 Å². The Morgan fingerprint density at radius 3 is 2.58 bits per heavy atom. The molecule has 2 aromatic rings. The van der Waals surface area contributed by atoms with Gasteiger partial charge >= 0.3 is 0 Å². The van der Waals surface area contributed by atoms with E-state index in [0.717, 1.165) is 50.9 Å². The van der Waals surface area contributed by atoms with E-state index in [0.29, 0.717) is 0 Å². The van der Waals surface area contributed by atoms with Crippen molar-refractivity contribution in [2.24, 2.45) is 4.99 Å². The summed E-state index contributed by atoms with van der Waals surface area (Å²) in [5, 5.41) is 0.791. The van der Waals surface area contributed by atoms with Crippen LogP contribution in [-0.2, 0) is 0 Å². The summed E-state index contributed by atoms with van der Waals surface area (Å²) in [6.45, 7) is 8.31. The van der Waals surface area contributed by atoms with E-state index in [4.69, 9.17) is 4.74 Å². The van der Waals surface area contributed by atoms with E-state index < -0.39 is 0 Å². The van der Waals surface area contributed by atoms with Crippen molar-refractivity contribution in [1.29, 1.82) is 0 Å². The molecule has 4 nitrogen and oxygen atoms in total. The third kappa shape index (κ3) is 3.98. The van der Waals surface area contributed by atoms with Gasteiger partial charge in [0.1, 0.15) is 5.75 Å². The second-order valence-electron chi connectivity index (χ2n) is 6.22. The zero-order valence-corrected chi connectivity index (χ0v) is 16.7. The van der Waals surface area contributed by atoms with E-state index in [9.17, 15) is 0 Å². The Kier molecular flexibility index (Phi) is 5.56. The summed E-state index contributed by atoms with van der Waals surface area (Å²) in [6, 6.07) is 4.15. The number of halogens is 1. The Hall–Kier alpha value is -1.40. The molecule has 0 aliphatic carbocycles. The average molecular weight is 408 g/mol. The third-order valence-electron chi connectivity index (χ3n) is 4.21. The van der Waals surface area contributed by atoms with Crippen molar-refractivity contribution in [3.63, 3.8) is 0 Å². The number of hydrogen-bond acceptors (Lipinski definition) is 4. The van der Waals surface area contributed by atoms with Gasteiger partial charge < -0.3 is 9.64 Å². The molecule has 0 N–H and O–H groups in total. The van der Waals surface area contributed by atoms with Crippen molar-refractivity contribution in [2.75, 3.05) is 13.1 Å². The Morgan fingerprint density at radius 2 is 1.92 bits per heavy atom. The Morgan fingerprint density at radius 1 is 1.17 bits per heavy atom. The van der Waals surface area contributed by atoms with Gasteiger partial charge in [0, 0.05) is 24.6 Å². The largest absolute Gasteiger partial charge is 0.444 e. The summed E-state index contributed by atoms with van der Waals surface area (Å²) >= 11 is 4.89. The van der Waals surface area contributed by atoms with Crippen molar-refractivity contribution in [1.82, 2.24) is 9.27 Å². The summed E-state index contributed by atoms with van der Waals surface area (Å²) in [4.78, 5) is 6.99. The van der Waals surface area contributed by atoms with E-state index in [1.54, 1.807) is 0 Å². The SMILES string of the molecule is Cc1cc(Oc2snc(C)c2Br)c(C)cc1/N=C/N1CCCCC1. The summed E-state index contributed by atoms with van der Waals surface area (Å²) in [6.07, 6.45) is 5.85. The molecule has 0 saturated carbocycles. The van der Waals surface area contributed by atoms with Gasteiger partial charge in [-0.2, -0.15) is 4.37 Å². The van der Waals surface area contributed by atoms with Crippen molar-refractivity contribution in [2.45, 2.75) is 40.0 Å². The predicted octanol–water partition coefficient (Wildman–Crippen LogP) is 5.77. The van der Waals surface area contributed by atoms with Gasteiger partial charge in [0.25, 0.3) is 0 Å². The van der Waals surface area contributed by atoms with Gasteiger partial charge in [-0.15, -0.1) is 0 Å². The highest BCUT2D eigenvalue weighted by atomic mass is 79.9. The molecule has 1 aliphatic heterocycles. The fraction of sp³-hybridized carbons (Fsp3) is 0.444. The molecule has 0 amide bonds. The van der Waals surface area contributed by atoms with Gasteiger partial charge in [0.05, 0.1) is 22.2 Å². The summed E-state index contributed by atoms with van der Waals surface area (Å²) in [5.74, 6) is 0.855. The minimum atomic E-state index is 0.791.